The highest BCUT2D eigenvalue weighted by atomic mass is 16.6. The number of nitrogens with one attached hydrogen (secondary N) is 2. The second-order valence-corrected chi connectivity index (χ2v) is 7.92. The summed E-state index contributed by atoms with van der Waals surface area (Å²) in [5, 5.41) is 6.45. The van der Waals surface area contributed by atoms with Crippen molar-refractivity contribution in [2.24, 2.45) is 5.10 Å². The van der Waals surface area contributed by atoms with Crippen molar-refractivity contribution >= 4 is 24.0 Å². The van der Waals surface area contributed by atoms with Gasteiger partial charge in [0.1, 0.15) is 11.5 Å². The molecule has 0 heterocycles. The summed E-state index contributed by atoms with van der Waals surface area (Å²) in [7, 11) is 0. The van der Waals surface area contributed by atoms with E-state index in [0.717, 1.165) is 0 Å². The van der Waals surface area contributed by atoms with Crippen LogP contribution in [0.5, 0.6) is 23.0 Å². The predicted octanol–water partition coefficient (Wildman–Crippen LogP) is 3.98. The van der Waals surface area contributed by atoms with Gasteiger partial charge in [-0.05, 0) is 93.1 Å². The van der Waals surface area contributed by atoms with Gasteiger partial charge in [-0.15, -0.1) is 0 Å². The number of ether oxygens (including phenoxy) is 4. The fourth-order valence-electron chi connectivity index (χ4n) is 3.32. The molecule has 0 spiro atoms. The fourth-order valence-corrected chi connectivity index (χ4v) is 3.32. The van der Waals surface area contributed by atoms with Crippen molar-refractivity contribution in [3.63, 3.8) is 0 Å². The molecule has 39 heavy (non-hydrogen) atoms. The van der Waals surface area contributed by atoms with Crippen LogP contribution in [0.2, 0.25) is 0 Å². The van der Waals surface area contributed by atoms with Crippen LogP contribution in [0.3, 0.4) is 0 Å². The van der Waals surface area contributed by atoms with Crippen LogP contribution in [0.1, 0.15) is 47.1 Å². The number of amides is 2. The molecular formula is C29H31N3O7. The second kappa shape index (κ2) is 14.8. The smallest absolute Gasteiger partial charge is 0.343 e. The van der Waals surface area contributed by atoms with E-state index >= 15 is 0 Å². The summed E-state index contributed by atoms with van der Waals surface area (Å²) >= 11 is 0. The number of hydrogen-bond donors (Lipinski definition) is 2. The Morgan fingerprint density at radius 2 is 1.33 bits per heavy atom. The number of carbonyl (C=O) groups excluding carboxylic acids is 3. The SMILES string of the molecule is CCOc1ccc(C(=O)NCC(=O)N/N=C\c2ccc(OC(=O)c3ccc(OCC)cc3)c(OCC)c2)cc1. The quantitative estimate of drug-likeness (QED) is 0.147. The molecule has 0 aliphatic carbocycles. The van der Waals surface area contributed by atoms with E-state index in [9.17, 15) is 14.4 Å². The van der Waals surface area contributed by atoms with E-state index in [1.807, 2.05) is 13.8 Å². The monoisotopic (exact) mass is 533 g/mol. The average molecular weight is 534 g/mol. The lowest BCUT2D eigenvalue weighted by Gasteiger charge is -2.11. The van der Waals surface area contributed by atoms with Crippen LogP contribution in [-0.2, 0) is 4.79 Å². The first-order valence-corrected chi connectivity index (χ1v) is 12.5. The number of nitrogens with zero attached hydrogens (tertiary/aromatic N) is 1. The van der Waals surface area contributed by atoms with Gasteiger partial charge in [-0.3, -0.25) is 9.59 Å². The molecule has 0 saturated carbocycles. The summed E-state index contributed by atoms with van der Waals surface area (Å²) in [6.45, 7) is 6.71. The molecule has 0 aliphatic rings. The van der Waals surface area contributed by atoms with Crippen LogP contribution in [0.25, 0.3) is 0 Å². The van der Waals surface area contributed by atoms with Gasteiger partial charge in [-0.1, -0.05) is 0 Å². The molecule has 204 valence electrons. The molecule has 0 saturated heterocycles. The highest BCUT2D eigenvalue weighted by Crippen LogP contribution is 2.29. The van der Waals surface area contributed by atoms with Gasteiger partial charge in [0.2, 0.25) is 0 Å². The third kappa shape index (κ3) is 8.89. The molecule has 0 aromatic heterocycles. The van der Waals surface area contributed by atoms with Gasteiger partial charge in [0, 0.05) is 5.56 Å². The molecule has 0 fully saturated rings. The molecule has 10 heteroatoms. The molecule has 0 radical (unpaired) electrons. The summed E-state index contributed by atoms with van der Waals surface area (Å²) in [5.41, 5.74) is 3.72. The Morgan fingerprint density at radius 3 is 1.92 bits per heavy atom. The minimum Gasteiger partial charge on any atom is -0.494 e. The maximum absolute atomic E-state index is 12.6. The third-order valence-electron chi connectivity index (χ3n) is 5.11. The van der Waals surface area contributed by atoms with Crippen molar-refractivity contribution in [1.82, 2.24) is 10.7 Å². The lowest BCUT2D eigenvalue weighted by molar-refractivity contribution is -0.120. The standard InChI is InChI=1S/C29H31N3O7/c1-4-36-23-12-8-21(9-13-23)28(34)30-19-27(33)32-31-18-20-7-16-25(26(17-20)38-6-3)39-29(35)22-10-14-24(15-11-22)37-5-2/h7-18H,4-6,19H2,1-3H3,(H,30,34)(H,32,33)/b31-18-. The Hall–Kier alpha value is -4.86. The summed E-state index contributed by atoms with van der Waals surface area (Å²) in [6, 6.07) is 18.1. The van der Waals surface area contributed by atoms with E-state index in [4.69, 9.17) is 18.9 Å². The summed E-state index contributed by atoms with van der Waals surface area (Å²) in [6.07, 6.45) is 1.41. The minimum atomic E-state index is -0.542. The van der Waals surface area contributed by atoms with Crippen molar-refractivity contribution in [2.45, 2.75) is 20.8 Å². The van der Waals surface area contributed by atoms with Crippen LogP contribution >= 0.6 is 0 Å². The first kappa shape index (κ1) is 28.7. The van der Waals surface area contributed by atoms with E-state index in [2.05, 4.69) is 15.8 Å². The van der Waals surface area contributed by atoms with Crippen molar-refractivity contribution in [1.29, 1.82) is 0 Å². The van der Waals surface area contributed by atoms with Gasteiger partial charge < -0.3 is 24.3 Å². The van der Waals surface area contributed by atoms with Crippen LogP contribution in [0.15, 0.2) is 71.8 Å². The molecule has 0 unspecified atom stereocenters. The maximum atomic E-state index is 12.6. The molecule has 2 amide bonds. The van der Waals surface area contributed by atoms with E-state index in [-0.39, 0.29) is 12.3 Å². The molecule has 10 nitrogen and oxygen atoms in total. The van der Waals surface area contributed by atoms with Crippen LogP contribution in [0.4, 0.5) is 0 Å². The Balaban J connectivity index is 1.54. The van der Waals surface area contributed by atoms with Gasteiger partial charge in [-0.25, -0.2) is 10.2 Å². The van der Waals surface area contributed by atoms with Gasteiger partial charge in [0.05, 0.1) is 38.1 Å². The number of rotatable bonds is 13. The lowest BCUT2D eigenvalue weighted by atomic mass is 10.2. The average Bonchev–Trinajstić information content (AvgIpc) is 2.94. The van der Waals surface area contributed by atoms with Gasteiger partial charge in [0.15, 0.2) is 11.5 Å². The first-order chi connectivity index (χ1) is 18.9. The predicted molar refractivity (Wildman–Crippen MR) is 146 cm³/mol. The summed E-state index contributed by atoms with van der Waals surface area (Å²) in [4.78, 5) is 36.9. The number of carbonyl (C=O) groups is 3. The lowest BCUT2D eigenvalue weighted by Crippen LogP contribution is -2.34. The zero-order chi connectivity index (χ0) is 28.0. The zero-order valence-electron chi connectivity index (χ0n) is 22.1. The third-order valence-corrected chi connectivity index (χ3v) is 5.11. The largest absolute Gasteiger partial charge is 0.494 e. The Labute approximate surface area is 226 Å². The van der Waals surface area contributed by atoms with Crippen molar-refractivity contribution in [3.8, 4) is 23.0 Å². The molecular weight excluding hydrogens is 502 g/mol. The Kier molecular flexibility index (Phi) is 10.9. The van der Waals surface area contributed by atoms with Crippen molar-refractivity contribution < 1.29 is 33.3 Å². The van der Waals surface area contributed by atoms with Gasteiger partial charge in [0.25, 0.3) is 11.8 Å². The maximum Gasteiger partial charge on any atom is 0.343 e. The summed E-state index contributed by atoms with van der Waals surface area (Å²) in [5.74, 6) is 0.469. The topological polar surface area (TPSA) is 125 Å². The number of esters is 1. The Bertz CT molecular complexity index is 1290. The number of hydrogen-bond acceptors (Lipinski definition) is 8. The fraction of sp³-hybridized carbons (Fsp3) is 0.241. The van der Waals surface area contributed by atoms with Crippen LogP contribution in [-0.4, -0.2) is 50.4 Å². The highest BCUT2D eigenvalue weighted by Gasteiger charge is 2.14. The molecule has 2 N–H and O–H groups in total. The highest BCUT2D eigenvalue weighted by molar-refractivity contribution is 5.96. The van der Waals surface area contributed by atoms with Crippen LogP contribution < -0.4 is 29.7 Å². The molecule has 0 aliphatic heterocycles. The van der Waals surface area contributed by atoms with Gasteiger partial charge >= 0.3 is 5.97 Å². The number of hydrazone groups is 1. The second-order valence-electron chi connectivity index (χ2n) is 7.92. The molecule has 0 bridgehead atoms. The van der Waals surface area contributed by atoms with Crippen molar-refractivity contribution in [3.05, 3.63) is 83.4 Å². The molecule has 3 rings (SSSR count). The molecule has 0 atom stereocenters. The van der Waals surface area contributed by atoms with E-state index in [0.29, 0.717) is 53.8 Å². The summed E-state index contributed by atoms with van der Waals surface area (Å²) < 4.78 is 21.9. The van der Waals surface area contributed by atoms with E-state index in [1.54, 1.807) is 73.7 Å². The Morgan fingerprint density at radius 1 is 0.744 bits per heavy atom. The van der Waals surface area contributed by atoms with E-state index in [1.165, 1.54) is 6.21 Å². The zero-order valence-corrected chi connectivity index (χ0v) is 22.1. The number of benzene rings is 3. The normalized spacial score (nSPS) is 10.5. The van der Waals surface area contributed by atoms with Crippen molar-refractivity contribution in [2.75, 3.05) is 26.4 Å². The first-order valence-electron chi connectivity index (χ1n) is 12.5. The van der Waals surface area contributed by atoms with E-state index < -0.39 is 17.8 Å². The minimum absolute atomic E-state index is 0.244. The molecule has 3 aromatic carbocycles. The van der Waals surface area contributed by atoms with Crippen LogP contribution in [0, 0.1) is 0 Å². The molecule has 3 aromatic rings. The van der Waals surface area contributed by atoms with Gasteiger partial charge in [-0.2, -0.15) is 5.10 Å².